The van der Waals surface area contributed by atoms with Gasteiger partial charge in [-0.1, -0.05) is 0 Å². The molecule has 4 nitrogen and oxygen atoms in total. The van der Waals surface area contributed by atoms with Crippen molar-refractivity contribution in [3.8, 4) is 0 Å². The number of amides is 1. The van der Waals surface area contributed by atoms with E-state index in [0.29, 0.717) is 11.3 Å². The van der Waals surface area contributed by atoms with Crippen LogP contribution >= 0.6 is 0 Å². The molecular formula is C10H14F3NO3. The molecule has 98 valence electrons. The van der Waals surface area contributed by atoms with E-state index < -0.39 is 29.5 Å². The Hall–Kier alpha value is -1.27. The van der Waals surface area contributed by atoms with Crippen molar-refractivity contribution in [3.63, 3.8) is 0 Å². The first-order valence-electron chi connectivity index (χ1n) is 5.19. The van der Waals surface area contributed by atoms with Crippen LogP contribution < -0.4 is 0 Å². The van der Waals surface area contributed by atoms with Crippen molar-refractivity contribution in [1.82, 2.24) is 4.90 Å². The van der Waals surface area contributed by atoms with E-state index in [9.17, 15) is 22.8 Å². The predicted molar refractivity (Wildman–Crippen MR) is 52.2 cm³/mol. The lowest BCUT2D eigenvalue weighted by atomic mass is 9.83. The molecule has 0 bridgehead atoms. The van der Waals surface area contributed by atoms with Gasteiger partial charge < -0.3 is 10.0 Å². The van der Waals surface area contributed by atoms with Gasteiger partial charge in [0.25, 0.3) is 0 Å². The highest BCUT2D eigenvalue weighted by Crippen LogP contribution is 2.35. The van der Waals surface area contributed by atoms with Gasteiger partial charge in [-0.2, -0.15) is 13.2 Å². The SMILES string of the molecule is CC(C)(C(=O)O)C1CCCN1C(=O)C(F)(F)F. The summed E-state index contributed by atoms with van der Waals surface area (Å²) in [5.74, 6) is -3.15. The van der Waals surface area contributed by atoms with E-state index in [4.69, 9.17) is 5.11 Å². The van der Waals surface area contributed by atoms with E-state index in [1.54, 1.807) is 0 Å². The summed E-state index contributed by atoms with van der Waals surface area (Å²) in [5, 5.41) is 8.98. The van der Waals surface area contributed by atoms with Crippen LogP contribution in [0.25, 0.3) is 0 Å². The topological polar surface area (TPSA) is 57.6 Å². The van der Waals surface area contributed by atoms with Crippen LogP contribution in [0.3, 0.4) is 0 Å². The lowest BCUT2D eigenvalue weighted by molar-refractivity contribution is -0.189. The number of hydrogen-bond donors (Lipinski definition) is 1. The molecule has 1 unspecified atom stereocenters. The highest BCUT2D eigenvalue weighted by atomic mass is 19.4. The quantitative estimate of drug-likeness (QED) is 0.814. The Morgan fingerprint density at radius 2 is 1.82 bits per heavy atom. The Morgan fingerprint density at radius 1 is 1.29 bits per heavy atom. The molecule has 1 atom stereocenters. The summed E-state index contributed by atoms with van der Waals surface area (Å²) in [4.78, 5) is 22.8. The zero-order valence-corrected chi connectivity index (χ0v) is 9.54. The first kappa shape index (κ1) is 13.8. The number of alkyl halides is 3. The molecule has 0 aromatic rings. The second kappa shape index (κ2) is 4.19. The number of halogens is 3. The number of aliphatic carboxylic acids is 1. The van der Waals surface area contributed by atoms with Crippen LogP contribution in [0.2, 0.25) is 0 Å². The normalized spacial score (nSPS) is 21.7. The van der Waals surface area contributed by atoms with Crippen LogP contribution in [0.15, 0.2) is 0 Å². The molecule has 0 radical (unpaired) electrons. The Labute approximate surface area is 96.4 Å². The Kier molecular flexibility index (Phi) is 3.40. The third-order valence-corrected chi connectivity index (χ3v) is 3.14. The van der Waals surface area contributed by atoms with Gasteiger partial charge in [0.05, 0.1) is 5.41 Å². The molecule has 7 heteroatoms. The van der Waals surface area contributed by atoms with Gasteiger partial charge in [-0.25, -0.2) is 0 Å². The maximum absolute atomic E-state index is 12.3. The number of hydrogen-bond acceptors (Lipinski definition) is 2. The number of nitrogens with zero attached hydrogens (tertiary/aromatic N) is 1. The number of rotatable bonds is 2. The number of carboxylic acid groups (broad SMARTS) is 1. The average molecular weight is 253 g/mol. The van der Waals surface area contributed by atoms with E-state index in [-0.39, 0.29) is 13.0 Å². The van der Waals surface area contributed by atoms with E-state index in [1.165, 1.54) is 13.8 Å². The first-order valence-corrected chi connectivity index (χ1v) is 5.19. The van der Waals surface area contributed by atoms with Gasteiger partial charge in [-0.05, 0) is 26.7 Å². The third-order valence-electron chi connectivity index (χ3n) is 3.14. The minimum atomic E-state index is -4.95. The summed E-state index contributed by atoms with van der Waals surface area (Å²) in [7, 11) is 0. The third kappa shape index (κ3) is 2.53. The van der Waals surface area contributed by atoms with E-state index in [1.807, 2.05) is 0 Å². The summed E-state index contributed by atoms with van der Waals surface area (Å²) < 4.78 is 37.0. The van der Waals surface area contributed by atoms with E-state index in [0.717, 1.165) is 0 Å². The molecule has 1 N–H and O–H groups in total. The Morgan fingerprint density at radius 3 is 2.24 bits per heavy atom. The summed E-state index contributed by atoms with van der Waals surface area (Å²) in [6.45, 7) is 2.63. The molecule has 0 saturated carbocycles. The lowest BCUT2D eigenvalue weighted by Crippen LogP contribution is -2.51. The second-order valence-electron chi connectivity index (χ2n) is 4.68. The van der Waals surface area contributed by atoms with Gasteiger partial charge in [-0.3, -0.25) is 9.59 Å². The maximum atomic E-state index is 12.3. The Bertz CT molecular complexity index is 338. The summed E-state index contributed by atoms with van der Waals surface area (Å²) in [6, 6.07) is -0.908. The largest absolute Gasteiger partial charge is 0.481 e. The van der Waals surface area contributed by atoms with Crippen LogP contribution in [0.1, 0.15) is 26.7 Å². The fourth-order valence-corrected chi connectivity index (χ4v) is 2.07. The molecule has 1 fully saturated rings. The number of carbonyl (C=O) groups is 2. The predicted octanol–water partition coefficient (Wildman–Crippen LogP) is 1.65. The monoisotopic (exact) mass is 253 g/mol. The Balaban J connectivity index is 2.95. The van der Waals surface area contributed by atoms with Crippen LogP contribution in [-0.2, 0) is 9.59 Å². The van der Waals surface area contributed by atoms with Crippen LogP contribution in [0.5, 0.6) is 0 Å². The minimum Gasteiger partial charge on any atom is -0.481 e. The van der Waals surface area contributed by atoms with Crippen molar-refractivity contribution in [3.05, 3.63) is 0 Å². The number of carboxylic acids is 1. The van der Waals surface area contributed by atoms with E-state index in [2.05, 4.69) is 0 Å². The highest BCUT2D eigenvalue weighted by Gasteiger charge is 2.51. The van der Waals surface area contributed by atoms with Crippen molar-refractivity contribution < 1.29 is 27.9 Å². The fourth-order valence-electron chi connectivity index (χ4n) is 2.07. The molecule has 1 amide bonds. The van der Waals surface area contributed by atoms with Crippen LogP contribution in [-0.4, -0.2) is 40.6 Å². The van der Waals surface area contributed by atoms with Gasteiger partial charge in [0.2, 0.25) is 0 Å². The minimum absolute atomic E-state index is 0.0419. The van der Waals surface area contributed by atoms with Crippen LogP contribution in [0.4, 0.5) is 13.2 Å². The molecule has 0 aliphatic carbocycles. The van der Waals surface area contributed by atoms with Crippen molar-refractivity contribution in [2.75, 3.05) is 6.54 Å². The first-order chi connectivity index (χ1) is 7.58. The number of carbonyl (C=O) groups excluding carboxylic acids is 1. The molecule has 1 aliphatic rings. The van der Waals surface area contributed by atoms with Crippen molar-refractivity contribution in [1.29, 1.82) is 0 Å². The van der Waals surface area contributed by atoms with Gasteiger partial charge in [0, 0.05) is 12.6 Å². The molecule has 1 aliphatic heterocycles. The molecular weight excluding hydrogens is 239 g/mol. The maximum Gasteiger partial charge on any atom is 0.471 e. The highest BCUT2D eigenvalue weighted by molar-refractivity contribution is 5.84. The molecule has 17 heavy (non-hydrogen) atoms. The number of likely N-dealkylation sites (tertiary alicyclic amines) is 1. The van der Waals surface area contributed by atoms with Gasteiger partial charge in [0.15, 0.2) is 0 Å². The van der Waals surface area contributed by atoms with E-state index >= 15 is 0 Å². The zero-order valence-electron chi connectivity index (χ0n) is 9.54. The molecule has 0 aromatic heterocycles. The molecule has 0 aromatic carbocycles. The van der Waals surface area contributed by atoms with Gasteiger partial charge in [0.1, 0.15) is 0 Å². The molecule has 1 heterocycles. The van der Waals surface area contributed by atoms with Crippen LogP contribution in [0, 0.1) is 5.41 Å². The smallest absolute Gasteiger partial charge is 0.471 e. The summed E-state index contributed by atoms with van der Waals surface area (Å²) in [5.41, 5.74) is -1.38. The zero-order chi connectivity index (χ0) is 13.4. The van der Waals surface area contributed by atoms with Gasteiger partial charge >= 0.3 is 18.1 Å². The molecule has 1 rings (SSSR count). The lowest BCUT2D eigenvalue weighted by Gasteiger charge is -2.34. The van der Waals surface area contributed by atoms with Crippen molar-refractivity contribution in [2.45, 2.75) is 38.9 Å². The summed E-state index contributed by atoms with van der Waals surface area (Å²) >= 11 is 0. The fraction of sp³-hybridized carbons (Fsp3) is 0.800. The standard InChI is InChI=1S/C10H14F3NO3/c1-9(2,8(16)17)6-4-3-5-14(6)7(15)10(11,12)13/h6H,3-5H2,1-2H3,(H,16,17). The van der Waals surface area contributed by atoms with Crippen molar-refractivity contribution in [2.24, 2.45) is 5.41 Å². The van der Waals surface area contributed by atoms with Crippen molar-refractivity contribution >= 4 is 11.9 Å². The van der Waals surface area contributed by atoms with Gasteiger partial charge in [-0.15, -0.1) is 0 Å². The summed E-state index contributed by atoms with van der Waals surface area (Å²) in [6.07, 6.45) is -4.28. The molecule has 0 spiro atoms. The average Bonchev–Trinajstić information content (AvgIpc) is 2.63. The molecule has 1 saturated heterocycles. The second-order valence-corrected chi connectivity index (χ2v) is 4.68.